The predicted molar refractivity (Wildman–Crippen MR) is 148 cm³/mol. The van der Waals surface area contributed by atoms with E-state index in [2.05, 4.69) is 78.2 Å². The maximum atomic E-state index is 12.6. The zero-order chi connectivity index (χ0) is 24.9. The van der Waals surface area contributed by atoms with E-state index in [1.54, 1.807) is 0 Å². The van der Waals surface area contributed by atoms with Crippen LogP contribution in [0.25, 0.3) is 32.7 Å². The smallest absolute Gasteiger partial charge is 0.251 e. The minimum absolute atomic E-state index is 0.00242. The third-order valence-electron chi connectivity index (χ3n) is 7.29. The van der Waals surface area contributed by atoms with Crippen LogP contribution in [0, 0.1) is 0 Å². The van der Waals surface area contributed by atoms with Crippen molar-refractivity contribution in [2.75, 3.05) is 13.1 Å². The molecule has 4 heteroatoms. The maximum Gasteiger partial charge on any atom is 0.251 e. The van der Waals surface area contributed by atoms with Crippen molar-refractivity contribution >= 4 is 33.4 Å². The minimum atomic E-state index is 0.00242. The Morgan fingerprint density at radius 1 is 0.917 bits per heavy atom. The summed E-state index contributed by atoms with van der Waals surface area (Å²) in [4.78, 5) is 25.0. The molecule has 0 fully saturated rings. The normalized spacial score (nSPS) is 13.0. The van der Waals surface area contributed by atoms with Crippen molar-refractivity contribution in [3.8, 4) is 11.1 Å². The van der Waals surface area contributed by atoms with Crippen molar-refractivity contribution < 1.29 is 9.59 Å². The second kappa shape index (κ2) is 10.9. The molecule has 184 valence electrons. The van der Waals surface area contributed by atoms with Crippen molar-refractivity contribution in [1.82, 2.24) is 10.6 Å². The summed E-state index contributed by atoms with van der Waals surface area (Å²) in [6.45, 7) is 3.43. The van der Waals surface area contributed by atoms with E-state index in [1.165, 1.54) is 45.7 Å². The van der Waals surface area contributed by atoms with Crippen LogP contribution in [-0.2, 0) is 17.6 Å². The second-order valence-electron chi connectivity index (χ2n) is 9.77. The van der Waals surface area contributed by atoms with Gasteiger partial charge in [0.2, 0.25) is 5.91 Å². The zero-order valence-electron chi connectivity index (χ0n) is 21.0. The Morgan fingerprint density at radius 3 is 2.67 bits per heavy atom. The molecule has 0 saturated carbocycles. The molecule has 0 spiro atoms. The summed E-state index contributed by atoms with van der Waals surface area (Å²) in [5, 5.41) is 10.9. The van der Waals surface area contributed by atoms with Gasteiger partial charge in [0, 0.05) is 25.1 Å². The number of rotatable bonds is 9. The summed E-state index contributed by atoms with van der Waals surface area (Å²) in [5.41, 5.74) is 5.45. The summed E-state index contributed by atoms with van der Waals surface area (Å²) < 4.78 is 0. The molecule has 4 nitrogen and oxygen atoms in total. The van der Waals surface area contributed by atoms with Crippen LogP contribution in [0.15, 0.2) is 66.7 Å². The van der Waals surface area contributed by atoms with E-state index in [1.807, 2.05) is 6.07 Å². The van der Waals surface area contributed by atoms with Gasteiger partial charge >= 0.3 is 0 Å². The van der Waals surface area contributed by atoms with Gasteiger partial charge in [-0.3, -0.25) is 9.59 Å². The first kappa shape index (κ1) is 24.1. The summed E-state index contributed by atoms with van der Waals surface area (Å²) in [6, 6.07) is 23.4. The molecule has 5 rings (SSSR count). The van der Waals surface area contributed by atoms with Crippen molar-refractivity contribution in [2.24, 2.45) is 0 Å². The number of benzene rings is 4. The van der Waals surface area contributed by atoms with Gasteiger partial charge in [-0.05, 0) is 75.2 Å². The maximum absolute atomic E-state index is 12.6. The first-order valence-corrected chi connectivity index (χ1v) is 13.3. The van der Waals surface area contributed by atoms with E-state index in [4.69, 9.17) is 0 Å². The van der Waals surface area contributed by atoms with Crippen molar-refractivity contribution in [2.45, 2.75) is 51.9 Å². The first-order valence-electron chi connectivity index (χ1n) is 13.3. The van der Waals surface area contributed by atoms with E-state index >= 15 is 0 Å². The highest BCUT2D eigenvalue weighted by molar-refractivity contribution is 6.05. The molecule has 1 heterocycles. The fraction of sp³-hybridized carbons (Fsp3) is 0.312. The standard InChI is InChI=1S/C32H34N2O2/c1-2-3-4-5-13-30(35)33-18-16-24-21-25(27-12-8-10-22-9-6-7-11-26(22)27)20-23-14-15-29-28(31(23)24)17-19-34-32(29)36/h6-12,14-15,20-21H,2-5,13,16-19H2,1H3,(H,33,35)(H,34,36). The zero-order valence-corrected chi connectivity index (χ0v) is 21.0. The number of fused-ring (bicyclic) bond motifs is 4. The lowest BCUT2D eigenvalue weighted by Crippen LogP contribution is -2.32. The highest BCUT2D eigenvalue weighted by Crippen LogP contribution is 2.35. The van der Waals surface area contributed by atoms with Gasteiger partial charge in [0.25, 0.3) is 5.91 Å². The quantitative estimate of drug-likeness (QED) is 0.267. The van der Waals surface area contributed by atoms with Gasteiger partial charge in [-0.1, -0.05) is 80.8 Å². The lowest BCUT2D eigenvalue weighted by Gasteiger charge is -2.21. The molecular formula is C32H34N2O2. The number of unbranched alkanes of at least 4 members (excludes halogenated alkanes) is 3. The Hall–Kier alpha value is -3.66. The van der Waals surface area contributed by atoms with E-state index in [0.717, 1.165) is 42.2 Å². The molecule has 0 saturated heterocycles. The topological polar surface area (TPSA) is 58.2 Å². The number of nitrogens with one attached hydrogen (secondary N) is 2. The molecule has 4 aromatic rings. The van der Waals surface area contributed by atoms with Crippen LogP contribution >= 0.6 is 0 Å². The summed E-state index contributed by atoms with van der Waals surface area (Å²) in [6.07, 6.45) is 6.55. The van der Waals surface area contributed by atoms with Crippen LogP contribution < -0.4 is 10.6 Å². The number of carbonyl (C=O) groups is 2. The molecule has 0 unspecified atom stereocenters. The molecule has 2 amide bonds. The molecule has 1 aliphatic heterocycles. The van der Waals surface area contributed by atoms with Crippen LogP contribution in [0.4, 0.5) is 0 Å². The van der Waals surface area contributed by atoms with Gasteiger partial charge in [-0.15, -0.1) is 0 Å². The van der Waals surface area contributed by atoms with Crippen LogP contribution in [-0.4, -0.2) is 24.9 Å². The minimum Gasteiger partial charge on any atom is -0.356 e. The average molecular weight is 479 g/mol. The molecule has 0 atom stereocenters. The molecule has 2 N–H and O–H groups in total. The molecule has 0 radical (unpaired) electrons. The molecule has 4 aromatic carbocycles. The largest absolute Gasteiger partial charge is 0.356 e. The number of hydrogen-bond acceptors (Lipinski definition) is 2. The van der Waals surface area contributed by atoms with E-state index in [0.29, 0.717) is 19.5 Å². The lowest BCUT2D eigenvalue weighted by molar-refractivity contribution is -0.121. The Balaban J connectivity index is 1.51. The Bertz CT molecular complexity index is 1420. The van der Waals surface area contributed by atoms with E-state index in [-0.39, 0.29) is 11.8 Å². The monoisotopic (exact) mass is 478 g/mol. The number of hydrogen-bond donors (Lipinski definition) is 2. The van der Waals surface area contributed by atoms with Crippen molar-refractivity contribution in [3.05, 3.63) is 83.4 Å². The SMILES string of the molecule is CCCCCCC(=O)NCCc1cc(-c2cccc3ccccc23)cc2ccc3c(c12)CCNC3=O. The van der Waals surface area contributed by atoms with Gasteiger partial charge in [-0.25, -0.2) is 0 Å². The molecule has 1 aliphatic rings. The third-order valence-corrected chi connectivity index (χ3v) is 7.29. The molecule has 0 bridgehead atoms. The predicted octanol–water partition coefficient (Wildman–Crippen LogP) is 6.58. The first-order chi connectivity index (χ1) is 17.7. The van der Waals surface area contributed by atoms with Crippen LogP contribution in [0.5, 0.6) is 0 Å². The Kier molecular flexibility index (Phi) is 7.31. The highest BCUT2D eigenvalue weighted by atomic mass is 16.2. The van der Waals surface area contributed by atoms with Gasteiger partial charge in [0.05, 0.1) is 0 Å². The molecule has 0 aliphatic carbocycles. The van der Waals surface area contributed by atoms with Gasteiger partial charge in [0.15, 0.2) is 0 Å². The summed E-state index contributed by atoms with van der Waals surface area (Å²) in [7, 11) is 0. The molecule has 0 aromatic heterocycles. The fourth-order valence-electron chi connectivity index (χ4n) is 5.47. The van der Waals surface area contributed by atoms with E-state index in [9.17, 15) is 9.59 Å². The van der Waals surface area contributed by atoms with Crippen molar-refractivity contribution in [1.29, 1.82) is 0 Å². The third kappa shape index (κ3) is 4.99. The summed E-state index contributed by atoms with van der Waals surface area (Å²) >= 11 is 0. The lowest BCUT2D eigenvalue weighted by atomic mass is 9.87. The van der Waals surface area contributed by atoms with Gasteiger partial charge in [-0.2, -0.15) is 0 Å². The van der Waals surface area contributed by atoms with Gasteiger partial charge < -0.3 is 10.6 Å². The number of amides is 2. The average Bonchev–Trinajstić information content (AvgIpc) is 2.90. The van der Waals surface area contributed by atoms with Crippen molar-refractivity contribution in [3.63, 3.8) is 0 Å². The number of carbonyl (C=O) groups excluding carboxylic acids is 2. The van der Waals surface area contributed by atoms with Gasteiger partial charge in [0.1, 0.15) is 0 Å². The van der Waals surface area contributed by atoms with Crippen LogP contribution in [0.2, 0.25) is 0 Å². The Morgan fingerprint density at radius 2 is 1.78 bits per heavy atom. The Labute approximate surface area is 213 Å². The summed E-state index contributed by atoms with van der Waals surface area (Å²) in [5.74, 6) is 0.129. The molecular weight excluding hydrogens is 444 g/mol. The van der Waals surface area contributed by atoms with Crippen LogP contribution in [0.3, 0.4) is 0 Å². The van der Waals surface area contributed by atoms with Crippen LogP contribution in [0.1, 0.15) is 60.5 Å². The second-order valence-corrected chi connectivity index (χ2v) is 9.77. The fourth-order valence-corrected chi connectivity index (χ4v) is 5.47. The van der Waals surface area contributed by atoms with E-state index < -0.39 is 0 Å². The molecule has 36 heavy (non-hydrogen) atoms. The highest BCUT2D eigenvalue weighted by Gasteiger charge is 2.21.